The summed E-state index contributed by atoms with van der Waals surface area (Å²) >= 11 is 0. The van der Waals surface area contributed by atoms with Gasteiger partial charge in [0, 0.05) is 31.3 Å². The standard InChI is InChI=1S/C21H30N2O2.CH4O/c1-7-15(11-20(3,4)25-6)17-8-16-9-18(13-24)23(19(16)22-12-17)21(5)10-14(21)2;1-2/h8-9,12-15H,7,10-11H2,1-6H3;2H,1H3. The molecule has 1 aliphatic carbocycles. The van der Waals surface area contributed by atoms with E-state index >= 15 is 0 Å². The number of aldehydes is 1. The number of fused-ring (bicyclic) bond motifs is 1. The van der Waals surface area contributed by atoms with Crippen LogP contribution in [0.1, 0.15) is 75.9 Å². The van der Waals surface area contributed by atoms with Gasteiger partial charge in [-0.25, -0.2) is 4.98 Å². The van der Waals surface area contributed by atoms with Crippen LogP contribution in [0.15, 0.2) is 18.3 Å². The lowest BCUT2D eigenvalue weighted by molar-refractivity contribution is 0.00920. The predicted molar refractivity (Wildman–Crippen MR) is 109 cm³/mol. The molecule has 3 rings (SSSR count). The van der Waals surface area contributed by atoms with Crippen LogP contribution in [-0.2, 0) is 10.3 Å². The molecule has 0 bridgehead atoms. The van der Waals surface area contributed by atoms with Crippen LogP contribution in [0.3, 0.4) is 0 Å². The average Bonchev–Trinajstić information content (AvgIpc) is 3.11. The Morgan fingerprint density at radius 3 is 2.56 bits per heavy atom. The molecule has 2 aromatic rings. The van der Waals surface area contributed by atoms with Gasteiger partial charge in [-0.2, -0.15) is 0 Å². The zero-order valence-corrected chi connectivity index (χ0v) is 17.7. The molecule has 1 N–H and O–H groups in total. The van der Waals surface area contributed by atoms with E-state index in [4.69, 9.17) is 14.8 Å². The fourth-order valence-corrected chi connectivity index (χ4v) is 4.02. The van der Waals surface area contributed by atoms with Crippen molar-refractivity contribution in [3.05, 3.63) is 29.6 Å². The van der Waals surface area contributed by atoms with Crippen molar-refractivity contribution >= 4 is 17.3 Å². The Bertz CT molecular complexity index is 796. The summed E-state index contributed by atoms with van der Waals surface area (Å²) in [6.45, 7) is 10.9. The number of aliphatic hydroxyl groups excluding tert-OH is 1. The number of nitrogens with zero attached hydrogens (tertiary/aromatic N) is 2. The van der Waals surface area contributed by atoms with Crippen LogP contribution < -0.4 is 0 Å². The molecule has 3 unspecified atom stereocenters. The molecule has 150 valence electrons. The summed E-state index contributed by atoms with van der Waals surface area (Å²) < 4.78 is 7.76. The third-order valence-corrected chi connectivity index (χ3v) is 6.20. The summed E-state index contributed by atoms with van der Waals surface area (Å²) in [5.74, 6) is 0.972. The first-order valence-corrected chi connectivity index (χ1v) is 9.72. The third-order valence-electron chi connectivity index (χ3n) is 6.20. The van der Waals surface area contributed by atoms with Crippen LogP contribution in [0.2, 0.25) is 0 Å². The van der Waals surface area contributed by atoms with Gasteiger partial charge in [0.25, 0.3) is 0 Å². The number of hydrogen-bond donors (Lipinski definition) is 1. The van der Waals surface area contributed by atoms with E-state index < -0.39 is 0 Å². The molecule has 0 aromatic carbocycles. The molecule has 1 aliphatic rings. The Balaban J connectivity index is 0.00000126. The highest BCUT2D eigenvalue weighted by Gasteiger charge is 2.50. The Morgan fingerprint density at radius 2 is 2.07 bits per heavy atom. The van der Waals surface area contributed by atoms with E-state index in [2.05, 4.69) is 45.3 Å². The lowest BCUT2D eigenvalue weighted by atomic mass is 9.86. The fourth-order valence-electron chi connectivity index (χ4n) is 4.02. The van der Waals surface area contributed by atoms with Gasteiger partial charge < -0.3 is 14.4 Å². The number of aromatic nitrogens is 2. The molecule has 0 spiro atoms. The van der Waals surface area contributed by atoms with Crippen molar-refractivity contribution in [1.29, 1.82) is 0 Å². The Morgan fingerprint density at radius 1 is 1.44 bits per heavy atom. The molecule has 1 saturated carbocycles. The first-order valence-electron chi connectivity index (χ1n) is 9.72. The minimum Gasteiger partial charge on any atom is -0.400 e. The maximum Gasteiger partial charge on any atom is 0.166 e. The topological polar surface area (TPSA) is 64.3 Å². The van der Waals surface area contributed by atoms with Gasteiger partial charge in [0.05, 0.1) is 11.3 Å². The van der Waals surface area contributed by atoms with E-state index in [0.717, 1.165) is 49.4 Å². The molecule has 0 radical (unpaired) electrons. The summed E-state index contributed by atoms with van der Waals surface area (Å²) in [5, 5.41) is 8.06. The molecule has 5 nitrogen and oxygen atoms in total. The molecule has 5 heteroatoms. The third kappa shape index (κ3) is 4.09. The second-order valence-corrected chi connectivity index (χ2v) is 8.44. The average molecular weight is 375 g/mol. The smallest absolute Gasteiger partial charge is 0.166 e. The molecular weight excluding hydrogens is 340 g/mol. The van der Waals surface area contributed by atoms with E-state index in [0.29, 0.717) is 11.8 Å². The number of carbonyl (C=O) groups excluding carboxylic acids is 1. The van der Waals surface area contributed by atoms with E-state index in [1.807, 2.05) is 12.3 Å². The number of methoxy groups -OCH3 is 1. The van der Waals surface area contributed by atoms with Gasteiger partial charge in [-0.05, 0) is 69.6 Å². The minimum absolute atomic E-state index is 0.0225. The Labute approximate surface area is 162 Å². The van der Waals surface area contributed by atoms with E-state index in [1.165, 1.54) is 5.56 Å². The second kappa shape index (κ2) is 8.11. The van der Waals surface area contributed by atoms with Crippen molar-refractivity contribution in [2.75, 3.05) is 14.2 Å². The highest BCUT2D eigenvalue weighted by atomic mass is 16.5. The summed E-state index contributed by atoms with van der Waals surface area (Å²) in [6.07, 6.45) is 6.03. The summed E-state index contributed by atoms with van der Waals surface area (Å²) in [5.41, 5.74) is 2.75. The van der Waals surface area contributed by atoms with Crippen LogP contribution in [0, 0.1) is 5.92 Å². The maximum absolute atomic E-state index is 11.6. The van der Waals surface area contributed by atoms with Crippen LogP contribution >= 0.6 is 0 Å². The number of carbonyl (C=O) groups is 1. The molecule has 2 aromatic heterocycles. The summed E-state index contributed by atoms with van der Waals surface area (Å²) in [6, 6.07) is 4.20. The highest BCUT2D eigenvalue weighted by molar-refractivity contribution is 5.87. The van der Waals surface area contributed by atoms with Gasteiger partial charge in [-0.1, -0.05) is 13.8 Å². The van der Waals surface area contributed by atoms with Gasteiger partial charge >= 0.3 is 0 Å². The van der Waals surface area contributed by atoms with Gasteiger partial charge in [0.1, 0.15) is 5.65 Å². The lowest BCUT2D eigenvalue weighted by Gasteiger charge is -2.28. The largest absolute Gasteiger partial charge is 0.400 e. The molecule has 0 saturated heterocycles. The van der Waals surface area contributed by atoms with E-state index in [-0.39, 0.29) is 11.1 Å². The van der Waals surface area contributed by atoms with Crippen molar-refractivity contribution in [3.63, 3.8) is 0 Å². The van der Waals surface area contributed by atoms with Crippen LogP contribution in [0.25, 0.3) is 11.0 Å². The number of rotatable bonds is 7. The zero-order chi connectivity index (χ0) is 20.4. The number of aliphatic hydroxyl groups is 1. The lowest BCUT2D eigenvalue weighted by Crippen LogP contribution is -2.25. The van der Waals surface area contributed by atoms with Crippen molar-refractivity contribution in [1.82, 2.24) is 9.55 Å². The van der Waals surface area contributed by atoms with E-state index in [9.17, 15) is 4.79 Å². The summed E-state index contributed by atoms with van der Waals surface area (Å²) in [4.78, 5) is 16.4. The number of hydrogen-bond acceptors (Lipinski definition) is 4. The fraction of sp³-hybridized carbons (Fsp3) is 0.636. The van der Waals surface area contributed by atoms with Gasteiger partial charge in [0.15, 0.2) is 6.29 Å². The summed E-state index contributed by atoms with van der Waals surface area (Å²) in [7, 11) is 2.77. The van der Waals surface area contributed by atoms with Crippen molar-refractivity contribution in [2.45, 2.75) is 70.9 Å². The Hall–Kier alpha value is -1.72. The second-order valence-electron chi connectivity index (χ2n) is 8.44. The van der Waals surface area contributed by atoms with E-state index in [1.54, 1.807) is 7.11 Å². The van der Waals surface area contributed by atoms with Crippen LogP contribution in [-0.4, -0.2) is 40.8 Å². The van der Waals surface area contributed by atoms with Crippen LogP contribution in [0.5, 0.6) is 0 Å². The SMILES string of the molecule is CCC(CC(C)(C)OC)c1cnc2c(c1)cc(C=O)n2C1(C)CC1C.CO. The number of pyridine rings is 1. The highest BCUT2D eigenvalue weighted by Crippen LogP contribution is 2.51. The minimum atomic E-state index is -0.160. The predicted octanol–water partition coefficient (Wildman–Crippen LogP) is 4.52. The zero-order valence-electron chi connectivity index (χ0n) is 17.7. The van der Waals surface area contributed by atoms with Crippen molar-refractivity contribution in [2.24, 2.45) is 5.92 Å². The molecule has 1 fully saturated rings. The Kier molecular flexibility index (Phi) is 6.48. The molecule has 2 heterocycles. The molecule has 3 atom stereocenters. The van der Waals surface area contributed by atoms with Gasteiger partial charge in [0.2, 0.25) is 0 Å². The molecule has 0 amide bonds. The van der Waals surface area contributed by atoms with Crippen molar-refractivity contribution < 1.29 is 14.6 Å². The molecule has 27 heavy (non-hydrogen) atoms. The van der Waals surface area contributed by atoms with Crippen LogP contribution in [0.4, 0.5) is 0 Å². The first-order chi connectivity index (χ1) is 12.8. The number of ether oxygens (including phenoxy) is 1. The quantitative estimate of drug-likeness (QED) is 0.724. The normalized spacial score (nSPS) is 22.9. The van der Waals surface area contributed by atoms with Gasteiger partial charge in [-0.3, -0.25) is 4.79 Å². The maximum atomic E-state index is 11.6. The molecular formula is C22H34N2O3. The molecule has 0 aliphatic heterocycles. The monoisotopic (exact) mass is 374 g/mol. The first kappa shape index (κ1) is 21.6. The van der Waals surface area contributed by atoms with Crippen molar-refractivity contribution in [3.8, 4) is 0 Å². The van der Waals surface area contributed by atoms with Gasteiger partial charge in [-0.15, -0.1) is 0 Å².